The fourth-order valence-corrected chi connectivity index (χ4v) is 3.26. The standard InChI is InChI=1S/C21H34N4O2.HI/c1-22-21(24(2)8-11-27-17-18-6-7-18)23-15-19-4-3-5-20(14-19)16-25-9-12-26-13-10-25;/h3-5,14,18H,6-13,15-17H2,1-2H3,(H,22,23);1H. The number of hydrogen-bond donors (Lipinski definition) is 1. The van der Waals surface area contributed by atoms with Crippen LogP contribution in [0.5, 0.6) is 0 Å². The number of hydrogen-bond acceptors (Lipinski definition) is 4. The summed E-state index contributed by atoms with van der Waals surface area (Å²) in [5.74, 6) is 1.72. The molecule has 0 spiro atoms. The third-order valence-electron chi connectivity index (χ3n) is 5.15. The summed E-state index contributed by atoms with van der Waals surface area (Å²) in [5.41, 5.74) is 2.63. The largest absolute Gasteiger partial charge is 0.379 e. The zero-order chi connectivity index (χ0) is 18.9. The minimum atomic E-state index is 0. The summed E-state index contributed by atoms with van der Waals surface area (Å²) in [5, 5.41) is 3.47. The van der Waals surface area contributed by atoms with Crippen LogP contribution in [0.2, 0.25) is 0 Å². The quantitative estimate of drug-likeness (QED) is 0.244. The Morgan fingerprint density at radius 2 is 2.04 bits per heavy atom. The highest BCUT2D eigenvalue weighted by Gasteiger charge is 2.21. The van der Waals surface area contributed by atoms with Crippen LogP contribution < -0.4 is 5.32 Å². The second-order valence-electron chi connectivity index (χ2n) is 7.55. The van der Waals surface area contributed by atoms with Gasteiger partial charge in [0.25, 0.3) is 0 Å². The highest BCUT2D eigenvalue weighted by Crippen LogP contribution is 2.28. The lowest BCUT2D eigenvalue weighted by molar-refractivity contribution is 0.0342. The number of benzene rings is 1. The van der Waals surface area contributed by atoms with Gasteiger partial charge in [-0.15, -0.1) is 24.0 Å². The van der Waals surface area contributed by atoms with E-state index in [1.165, 1.54) is 24.0 Å². The Balaban J connectivity index is 0.00000280. The number of morpholine rings is 1. The Labute approximate surface area is 186 Å². The Kier molecular flexibility index (Phi) is 10.5. The van der Waals surface area contributed by atoms with Crippen LogP contribution in [0.1, 0.15) is 24.0 Å². The molecule has 1 aromatic carbocycles. The lowest BCUT2D eigenvalue weighted by Gasteiger charge is -2.26. The van der Waals surface area contributed by atoms with E-state index in [2.05, 4.69) is 51.4 Å². The third kappa shape index (κ3) is 8.23. The second kappa shape index (κ2) is 12.6. The minimum Gasteiger partial charge on any atom is -0.379 e. The lowest BCUT2D eigenvalue weighted by Crippen LogP contribution is -2.40. The van der Waals surface area contributed by atoms with Gasteiger partial charge < -0.3 is 19.7 Å². The Hall–Kier alpha value is -0.900. The number of rotatable bonds is 9. The van der Waals surface area contributed by atoms with E-state index in [1.807, 2.05) is 7.05 Å². The topological polar surface area (TPSA) is 49.3 Å². The van der Waals surface area contributed by atoms with Crippen molar-refractivity contribution in [3.8, 4) is 0 Å². The van der Waals surface area contributed by atoms with Crippen molar-refractivity contribution in [2.24, 2.45) is 10.9 Å². The van der Waals surface area contributed by atoms with Gasteiger partial charge in [0.2, 0.25) is 0 Å². The first-order valence-electron chi connectivity index (χ1n) is 10.1. The molecule has 1 aliphatic carbocycles. The molecule has 1 aliphatic heterocycles. The first-order chi connectivity index (χ1) is 13.2. The molecule has 1 saturated heterocycles. The first-order valence-corrected chi connectivity index (χ1v) is 10.1. The minimum absolute atomic E-state index is 0. The molecule has 3 rings (SSSR count). The zero-order valence-corrected chi connectivity index (χ0v) is 19.6. The van der Waals surface area contributed by atoms with Gasteiger partial charge in [-0.2, -0.15) is 0 Å². The summed E-state index contributed by atoms with van der Waals surface area (Å²) in [4.78, 5) is 8.98. The van der Waals surface area contributed by atoms with E-state index in [0.29, 0.717) is 0 Å². The molecule has 0 unspecified atom stereocenters. The summed E-state index contributed by atoms with van der Waals surface area (Å²) in [7, 11) is 3.89. The van der Waals surface area contributed by atoms with Crippen molar-refractivity contribution in [2.75, 3.05) is 60.2 Å². The SMILES string of the molecule is CN=C(NCc1cccc(CN2CCOCC2)c1)N(C)CCOCC1CC1.I. The lowest BCUT2D eigenvalue weighted by atomic mass is 10.1. The van der Waals surface area contributed by atoms with E-state index in [4.69, 9.17) is 9.47 Å². The van der Waals surface area contributed by atoms with Crippen LogP contribution >= 0.6 is 24.0 Å². The van der Waals surface area contributed by atoms with Gasteiger partial charge in [0, 0.05) is 53.4 Å². The number of likely N-dealkylation sites (N-methyl/N-ethyl adjacent to an activating group) is 1. The Morgan fingerprint density at radius 1 is 1.29 bits per heavy atom. The van der Waals surface area contributed by atoms with Crippen molar-refractivity contribution in [2.45, 2.75) is 25.9 Å². The van der Waals surface area contributed by atoms with Crippen LogP contribution in [-0.4, -0.2) is 75.9 Å². The van der Waals surface area contributed by atoms with E-state index in [1.54, 1.807) is 0 Å². The van der Waals surface area contributed by atoms with Crippen molar-refractivity contribution in [3.05, 3.63) is 35.4 Å². The summed E-state index contributed by atoms with van der Waals surface area (Å²) in [6.45, 7) is 8.00. The average molecular weight is 502 g/mol. The van der Waals surface area contributed by atoms with Crippen LogP contribution in [0.15, 0.2) is 29.3 Å². The van der Waals surface area contributed by atoms with Gasteiger partial charge in [0.15, 0.2) is 5.96 Å². The van der Waals surface area contributed by atoms with E-state index < -0.39 is 0 Å². The molecule has 1 aromatic rings. The van der Waals surface area contributed by atoms with Crippen LogP contribution in [-0.2, 0) is 22.6 Å². The molecule has 1 heterocycles. The summed E-state index contributed by atoms with van der Waals surface area (Å²) in [6, 6.07) is 8.80. The van der Waals surface area contributed by atoms with E-state index >= 15 is 0 Å². The van der Waals surface area contributed by atoms with Gasteiger partial charge in [0.05, 0.1) is 19.8 Å². The predicted molar refractivity (Wildman–Crippen MR) is 124 cm³/mol. The molecular weight excluding hydrogens is 467 g/mol. The summed E-state index contributed by atoms with van der Waals surface area (Å²) >= 11 is 0. The number of nitrogens with zero attached hydrogens (tertiary/aromatic N) is 3. The van der Waals surface area contributed by atoms with E-state index in [0.717, 1.165) is 71.0 Å². The molecule has 0 amide bonds. The maximum atomic E-state index is 5.74. The number of halogens is 1. The van der Waals surface area contributed by atoms with Crippen LogP contribution in [0.4, 0.5) is 0 Å². The van der Waals surface area contributed by atoms with Crippen molar-refractivity contribution < 1.29 is 9.47 Å². The summed E-state index contributed by atoms with van der Waals surface area (Å²) in [6.07, 6.45) is 2.67. The fourth-order valence-electron chi connectivity index (χ4n) is 3.26. The molecule has 0 aromatic heterocycles. The van der Waals surface area contributed by atoms with E-state index in [9.17, 15) is 0 Å². The molecule has 28 heavy (non-hydrogen) atoms. The highest BCUT2D eigenvalue weighted by atomic mass is 127. The predicted octanol–water partition coefficient (Wildman–Crippen LogP) is 2.57. The average Bonchev–Trinajstić information content (AvgIpc) is 3.51. The number of nitrogens with one attached hydrogen (secondary N) is 1. The van der Waals surface area contributed by atoms with Crippen molar-refractivity contribution >= 4 is 29.9 Å². The van der Waals surface area contributed by atoms with Gasteiger partial charge in [0.1, 0.15) is 0 Å². The van der Waals surface area contributed by atoms with Gasteiger partial charge in [-0.3, -0.25) is 9.89 Å². The van der Waals surface area contributed by atoms with Gasteiger partial charge in [-0.05, 0) is 29.9 Å². The normalized spacial score (nSPS) is 17.9. The molecule has 2 aliphatic rings. The Morgan fingerprint density at radius 3 is 2.75 bits per heavy atom. The Bertz CT molecular complexity index is 604. The van der Waals surface area contributed by atoms with Crippen molar-refractivity contribution in [3.63, 3.8) is 0 Å². The maximum Gasteiger partial charge on any atom is 0.193 e. The smallest absolute Gasteiger partial charge is 0.193 e. The third-order valence-corrected chi connectivity index (χ3v) is 5.15. The monoisotopic (exact) mass is 502 g/mol. The first kappa shape index (κ1) is 23.4. The zero-order valence-electron chi connectivity index (χ0n) is 17.2. The molecule has 1 N–H and O–H groups in total. The molecular formula is C21H35IN4O2. The van der Waals surface area contributed by atoms with E-state index in [-0.39, 0.29) is 24.0 Å². The molecule has 7 heteroatoms. The number of aliphatic imine (C=N–C) groups is 1. The fraction of sp³-hybridized carbons (Fsp3) is 0.667. The molecule has 1 saturated carbocycles. The van der Waals surface area contributed by atoms with Gasteiger partial charge >= 0.3 is 0 Å². The van der Waals surface area contributed by atoms with Crippen LogP contribution in [0.25, 0.3) is 0 Å². The molecule has 2 fully saturated rings. The molecule has 158 valence electrons. The van der Waals surface area contributed by atoms with Crippen LogP contribution in [0.3, 0.4) is 0 Å². The van der Waals surface area contributed by atoms with Crippen molar-refractivity contribution in [1.29, 1.82) is 0 Å². The summed E-state index contributed by atoms with van der Waals surface area (Å²) < 4.78 is 11.2. The number of ether oxygens (including phenoxy) is 2. The number of guanidine groups is 1. The molecule has 0 bridgehead atoms. The molecule has 0 radical (unpaired) electrons. The molecule has 6 nitrogen and oxygen atoms in total. The maximum absolute atomic E-state index is 5.74. The van der Waals surface area contributed by atoms with Crippen LogP contribution in [0, 0.1) is 5.92 Å². The van der Waals surface area contributed by atoms with Crippen molar-refractivity contribution in [1.82, 2.24) is 15.1 Å². The molecule has 0 atom stereocenters. The van der Waals surface area contributed by atoms with Gasteiger partial charge in [-0.1, -0.05) is 24.3 Å². The van der Waals surface area contributed by atoms with Gasteiger partial charge in [-0.25, -0.2) is 0 Å². The highest BCUT2D eigenvalue weighted by molar-refractivity contribution is 14.0. The second-order valence-corrected chi connectivity index (χ2v) is 7.55.